The predicted octanol–water partition coefficient (Wildman–Crippen LogP) is 4.14. The Morgan fingerprint density at radius 3 is 2.60 bits per heavy atom. The van der Waals surface area contributed by atoms with Crippen LogP contribution in [0.1, 0.15) is 35.6 Å². The van der Waals surface area contributed by atoms with Crippen LogP contribution in [0.4, 0.5) is 0 Å². The lowest BCUT2D eigenvalue weighted by Crippen LogP contribution is -2.25. The number of benzene rings is 1. The summed E-state index contributed by atoms with van der Waals surface area (Å²) < 4.78 is 8.68. The molecule has 0 amide bonds. The molecular formula is C21H18Cl2N4O3. The number of imidazole rings is 1. The molecule has 2 heterocycles. The van der Waals surface area contributed by atoms with Gasteiger partial charge in [-0.05, 0) is 26.0 Å². The molecule has 0 atom stereocenters. The molecule has 1 aromatic carbocycles. The molecule has 30 heavy (non-hydrogen) atoms. The highest BCUT2D eigenvalue weighted by molar-refractivity contribution is 6.42. The van der Waals surface area contributed by atoms with Crippen molar-refractivity contribution in [2.24, 2.45) is 0 Å². The Labute approximate surface area is 183 Å². The minimum absolute atomic E-state index is 0.0656. The van der Waals surface area contributed by atoms with Crippen molar-refractivity contribution in [1.29, 1.82) is 5.26 Å². The number of hydrogen-bond acceptors (Lipinski definition) is 5. The van der Waals surface area contributed by atoms with Gasteiger partial charge >= 0.3 is 5.97 Å². The first-order chi connectivity index (χ1) is 14.4. The molecule has 0 aliphatic heterocycles. The van der Waals surface area contributed by atoms with Gasteiger partial charge in [0, 0.05) is 30.1 Å². The Hall–Kier alpha value is -3.08. The van der Waals surface area contributed by atoms with E-state index in [1.54, 1.807) is 35.9 Å². The molecule has 7 nitrogen and oxygen atoms in total. The molecule has 0 aliphatic rings. The summed E-state index contributed by atoms with van der Waals surface area (Å²) in [7, 11) is 0. The van der Waals surface area contributed by atoms with Gasteiger partial charge in [0.1, 0.15) is 11.6 Å². The molecule has 0 saturated heterocycles. The first-order valence-corrected chi connectivity index (χ1v) is 9.96. The van der Waals surface area contributed by atoms with Crippen molar-refractivity contribution < 1.29 is 9.53 Å². The summed E-state index contributed by atoms with van der Waals surface area (Å²) in [4.78, 5) is 29.6. The Bertz CT molecular complexity index is 1210. The lowest BCUT2D eigenvalue weighted by atomic mass is 10.0. The number of halogens is 2. The van der Waals surface area contributed by atoms with E-state index in [2.05, 4.69) is 4.98 Å². The summed E-state index contributed by atoms with van der Waals surface area (Å²) in [5.74, 6) is -0.702. The maximum Gasteiger partial charge on any atom is 0.344 e. The Morgan fingerprint density at radius 1 is 1.23 bits per heavy atom. The molecule has 154 valence electrons. The van der Waals surface area contributed by atoms with Gasteiger partial charge in [-0.3, -0.25) is 4.79 Å². The van der Waals surface area contributed by atoms with E-state index in [9.17, 15) is 9.59 Å². The fraction of sp³-hybridized carbons (Fsp3) is 0.238. The number of hydrogen-bond donors (Lipinski definition) is 0. The van der Waals surface area contributed by atoms with E-state index in [1.807, 2.05) is 17.6 Å². The second kappa shape index (κ2) is 9.16. The van der Waals surface area contributed by atoms with E-state index in [4.69, 9.17) is 33.2 Å². The van der Waals surface area contributed by atoms with Crippen LogP contribution in [0.5, 0.6) is 0 Å². The average molecular weight is 445 g/mol. The first-order valence-electron chi connectivity index (χ1n) is 9.20. The summed E-state index contributed by atoms with van der Waals surface area (Å²) in [6.07, 6.45) is 3.10. The zero-order valence-corrected chi connectivity index (χ0v) is 17.9. The van der Waals surface area contributed by atoms with Crippen molar-refractivity contribution in [1.82, 2.24) is 14.1 Å². The average Bonchev–Trinajstić information content (AvgIpc) is 3.17. The second-order valence-electron chi connectivity index (χ2n) is 6.36. The third kappa shape index (κ3) is 4.25. The number of ether oxygens (including phenoxy) is 1. The maximum atomic E-state index is 13.0. The van der Waals surface area contributed by atoms with E-state index < -0.39 is 11.4 Å². The topological polar surface area (TPSA) is 89.9 Å². The molecule has 0 saturated carbocycles. The maximum absolute atomic E-state index is 13.0. The molecule has 2 aromatic heterocycles. The van der Waals surface area contributed by atoms with Crippen molar-refractivity contribution in [3.8, 4) is 17.3 Å². The number of nitrogens with zero attached hydrogens (tertiary/aromatic N) is 4. The van der Waals surface area contributed by atoms with Crippen LogP contribution in [0.15, 0.2) is 41.6 Å². The molecule has 0 bridgehead atoms. The van der Waals surface area contributed by atoms with Gasteiger partial charge in [0.15, 0.2) is 11.1 Å². The summed E-state index contributed by atoms with van der Waals surface area (Å²) in [6.45, 7) is 4.47. The number of pyridine rings is 1. The highest BCUT2D eigenvalue weighted by Gasteiger charge is 2.24. The van der Waals surface area contributed by atoms with E-state index in [0.29, 0.717) is 33.5 Å². The van der Waals surface area contributed by atoms with E-state index >= 15 is 0 Å². The zero-order valence-electron chi connectivity index (χ0n) is 16.4. The summed E-state index contributed by atoms with van der Waals surface area (Å²) in [5.41, 5.74) is 1.35. The van der Waals surface area contributed by atoms with Crippen molar-refractivity contribution >= 4 is 29.2 Å². The molecule has 0 unspecified atom stereocenters. The van der Waals surface area contributed by atoms with Crippen LogP contribution in [-0.4, -0.2) is 26.7 Å². The largest absolute Gasteiger partial charge is 0.462 e. The summed E-state index contributed by atoms with van der Waals surface area (Å²) in [5, 5.41) is 9.66. The van der Waals surface area contributed by atoms with Gasteiger partial charge < -0.3 is 13.9 Å². The highest BCUT2D eigenvalue weighted by atomic mass is 35.5. The summed E-state index contributed by atoms with van der Waals surface area (Å²) >= 11 is 12.3. The normalized spacial score (nSPS) is 10.6. The van der Waals surface area contributed by atoms with Crippen LogP contribution in [0.25, 0.3) is 11.3 Å². The Kier molecular flexibility index (Phi) is 6.60. The first kappa shape index (κ1) is 21.6. The van der Waals surface area contributed by atoms with Crippen LogP contribution in [0, 0.1) is 11.3 Å². The number of carbonyl (C=O) groups is 1. The molecular weight excluding hydrogens is 427 g/mol. The van der Waals surface area contributed by atoms with Crippen LogP contribution < -0.4 is 5.43 Å². The molecule has 0 radical (unpaired) electrons. The third-order valence-corrected chi connectivity index (χ3v) is 5.22. The van der Waals surface area contributed by atoms with Gasteiger partial charge in [0.25, 0.3) is 0 Å². The van der Waals surface area contributed by atoms with Crippen LogP contribution in [0.2, 0.25) is 10.0 Å². The van der Waals surface area contributed by atoms with Gasteiger partial charge in [-0.1, -0.05) is 29.3 Å². The van der Waals surface area contributed by atoms with E-state index in [1.165, 1.54) is 12.4 Å². The Morgan fingerprint density at radius 2 is 2.00 bits per heavy atom. The third-order valence-electron chi connectivity index (χ3n) is 4.48. The molecule has 3 aromatic rings. The van der Waals surface area contributed by atoms with Crippen LogP contribution >= 0.6 is 23.2 Å². The molecule has 0 N–H and O–H groups in total. The van der Waals surface area contributed by atoms with Gasteiger partial charge in [0.2, 0.25) is 0 Å². The van der Waals surface area contributed by atoms with Crippen molar-refractivity contribution in [2.75, 3.05) is 6.61 Å². The fourth-order valence-electron chi connectivity index (χ4n) is 3.22. The van der Waals surface area contributed by atoms with E-state index in [0.717, 1.165) is 0 Å². The minimum atomic E-state index is -0.702. The Balaban J connectivity index is 2.27. The van der Waals surface area contributed by atoms with Crippen LogP contribution in [-0.2, 0) is 17.8 Å². The molecule has 0 aliphatic carbocycles. The van der Waals surface area contributed by atoms with Crippen molar-refractivity contribution in [3.63, 3.8) is 0 Å². The quantitative estimate of drug-likeness (QED) is 0.532. The lowest BCUT2D eigenvalue weighted by molar-refractivity contribution is 0.0525. The zero-order chi connectivity index (χ0) is 21.8. The highest BCUT2D eigenvalue weighted by Crippen LogP contribution is 2.31. The monoisotopic (exact) mass is 444 g/mol. The van der Waals surface area contributed by atoms with Gasteiger partial charge in [0.05, 0.1) is 35.2 Å². The van der Waals surface area contributed by atoms with Crippen LogP contribution in [0.3, 0.4) is 0 Å². The van der Waals surface area contributed by atoms with E-state index in [-0.39, 0.29) is 24.4 Å². The standard InChI is InChI=1S/C21H18Cl2N4O3/c1-3-27-15(11-26-10-14(9-24)25-12-26)8-18(28)19(21(29)30-4-2)20(27)13-5-6-16(22)17(23)7-13/h5-8,10,12H,3-4,11H2,1-2H3. The fourth-order valence-corrected chi connectivity index (χ4v) is 3.52. The molecule has 9 heteroatoms. The van der Waals surface area contributed by atoms with Gasteiger partial charge in [-0.2, -0.15) is 5.26 Å². The van der Waals surface area contributed by atoms with Crippen molar-refractivity contribution in [3.05, 3.63) is 74.0 Å². The van der Waals surface area contributed by atoms with Gasteiger partial charge in [-0.15, -0.1) is 0 Å². The smallest absolute Gasteiger partial charge is 0.344 e. The lowest BCUT2D eigenvalue weighted by Gasteiger charge is -2.21. The molecule has 0 spiro atoms. The molecule has 0 fully saturated rings. The number of esters is 1. The second-order valence-corrected chi connectivity index (χ2v) is 7.17. The number of carbonyl (C=O) groups excluding carboxylic acids is 1. The summed E-state index contributed by atoms with van der Waals surface area (Å²) in [6, 6.07) is 8.30. The minimum Gasteiger partial charge on any atom is -0.462 e. The number of nitriles is 1. The number of aromatic nitrogens is 3. The predicted molar refractivity (Wildman–Crippen MR) is 114 cm³/mol. The SMILES string of the molecule is CCOC(=O)c1c(-c2ccc(Cl)c(Cl)c2)n(CC)c(Cn2cnc(C#N)c2)cc1=O. The molecule has 3 rings (SSSR count). The number of rotatable bonds is 6. The van der Waals surface area contributed by atoms with Gasteiger partial charge in [-0.25, -0.2) is 9.78 Å². The van der Waals surface area contributed by atoms with Crippen molar-refractivity contribution in [2.45, 2.75) is 26.9 Å².